The molecular weight excluding hydrogens is 371 g/mol. The highest BCUT2D eigenvalue weighted by Crippen LogP contribution is 2.30. The van der Waals surface area contributed by atoms with Gasteiger partial charge in [0.2, 0.25) is 5.91 Å². The lowest BCUT2D eigenvalue weighted by Gasteiger charge is -2.33. The first kappa shape index (κ1) is 20.6. The summed E-state index contributed by atoms with van der Waals surface area (Å²) < 4.78 is 5.23. The molecule has 4 nitrogen and oxygen atoms in total. The number of amides is 1. The molecule has 2 aromatic rings. The summed E-state index contributed by atoms with van der Waals surface area (Å²) >= 11 is 6.41. The van der Waals surface area contributed by atoms with Crippen LogP contribution in [0.15, 0.2) is 48.5 Å². The maximum absolute atomic E-state index is 12.8. The summed E-state index contributed by atoms with van der Waals surface area (Å²) in [6.07, 6.45) is 0. The van der Waals surface area contributed by atoms with Crippen molar-refractivity contribution >= 4 is 29.9 Å². The summed E-state index contributed by atoms with van der Waals surface area (Å²) in [5.41, 5.74) is 1.86. The highest BCUT2D eigenvalue weighted by Gasteiger charge is 2.30. The van der Waals surface area contributed by atoms with Crippen LogP contribution in [0.5, 0.6) is 5.75 Å². The van der Waals surface area contributed by atoms with Crippen LogP contribution in [-0.4, -0.2) is 26.1 Å². The Labute approximate surface area is 165 Å². The first-order valence-corrected chi connectivity index (χ1v) is 8.87. The van der Waals surface area contributed by atoms with E-state index in [4.69, 9.17) is 16.3 Å². The van der Waals surface area contributed by atoms with E-state index in [0.717, 1.165) is 30.0 Å². The number of hydrogen-bond donors (Lipinski definition) is 2. The Morgan fingerprint density at radius 1 is 1.19 bits per heavy atom. The fraction of sp³-hybridized carbons (Fsp3) is 0.350. The van der Waals surface area contributed by atoms with Gasteiger partial charge in [0.1, 0.15) is 5.75 Å². The molecule has 140 valence electrons. The molecule has 0 radical (unpaired) electrons. The zero-order valence-electron chi connectivity index (χ0n) is 14.9. The fourth-order valence-electron chi connectivity index (χ4n) is 3.00. The highest BCUT2D eigenvalue weighted by atomic mass is 35.5. The number of carbonyl (C=O) groups excluding carboxylic acids is 1. The number of carbonyl (C=O) groups is 1. The van der Waals surface area contributed by atoms with Gasteiger partial charge in [-0.3, -0.25) is 4.79 Å². The molecule has 1 fully saturated rings. The Bertz CT molecular complexity index is 733. The van der Waals surface area contributed by atoms with Crippen molar-refractivity contribution in [2.75, 3.05) is 20.2 Å². The van der Waals surface area contributed by atoms with Crippen molar-refractivity contribution in [3.05, 3.63) is 64.7 Å². The van der Waals surface area contributed by atoms with Crippen molar-refractivity contribution in [3.8, 4) is 5.75 Å². The van der Waals surface area contributed by atoms with E-state index in [9.17, 15) is 4.79 Å². The molecule has 0 aliphatic carbocycles. The molecule has 1 heterocycles. The van der Waals surface area contributed by atoms with Crippen molar-refractivity contribution in [1.29, 1.82) is 0 Å². The summed E-state index contributed by atoms with van der Waals surface area (Å²) in [5, 5.41) is 7.05. The first-order valence-electron chi connectivity index (χ1n) is 8.49. The molecule has 2 aromatic carbocycles. The van der Waals surface area contributed by atoms with Gasteiger partial charge < -0.3 is 15.4 Å². The van der Waals surface area contributed by atoms with Crippen molar-refractivity contribution in [3.63, 3.8) is 0 Å². The minimum Gasteiger partial charge on any atom is -0.497 e. The number of methoxy groups -OCH3 is 1. The summed E-state index contributed by atoms with van der Waals surface area (Å²) in [4.78, 5) is 12.8. The van der Waals surface area contributed by atoms with Crippen molar-refractivity contribution in [1.82, 2.24) is 10.6 Å². The molecule has 1 saturated heterocycles. The van der Waals surface area contributed by atoms with Crippen LogP contribution < -0.4 is 15.4 Å². The number of hydrogen-bond acceptors (Lipinski definition) is 3. The molecule has 0 saturated carbocycles. The second kappa shape index (κ2) is 9.26. The molecule has 1 aliphatic heterocycles. The topological polar surface area (TPSA) is 50.4 Å². The molecule has 0 bridgehead atoms. The van der Waals surface area contributed by atoms with Crippen LogP contribution in [-0.2, 0) is 4.79 Å². The minimum absolute atomic E-state index is 0. The van der Waals surface area contributed by atoms with Gasteiger partial charge in [0.15, 0.2) is 0 Å². The molecule has 0 spiro atoms. The fourth-order valence-corrected chi connectivity index (χ4v) is 3.24. The lowest BCUT2D eigenvalue weighted by molar-refractivity contribution is -0.127. The molecule has 3 rings (SSSR count). The molecule has 2 N–H and O–H groups in total. The second-order valence-electron chi connectivity index (χ2n) is 6.44. The molecule has 0 aromatic heterocycles. The Balaban J connectivity index is 0.00000243. The van der Waals surface area contributed by atoms with Crippen molar-refractivity contribution < 1.29 is 9.53 Å². The molecule has 26 heavy (non-hydrogen) atoms. The van der Waals surface area contributed by atoms with Gasteiger partial charge in [-0.1, -0.05) is 48.9 Å². The van der Waals surface area contributed by atoms with E-state index in [-0.39, 0.29) is 30.3 Å². The van der Waals surface area contributed by atoms with Gasteiger partial charge in [0, 0.05) is 10.9 Å². The van der Waals surface area contributed by atoms with Crippen LogP contribution in [0.2, 0.25) is 5.02 Å². The van der Waals surface area contributed by atoms with Gasteiger partial charge in [-0.15, -0.1) is 12.4 Å². The number of benzene rings is 2. The van der Waals surface area contributed by atoms with E-state index >= 15 is 0 Å². The second-order valence-corrected chi connectivity index (χ2v) is 6.85. The third kappa shape index (κ3) is 4.50. The average Bonchev–Trinajstić information content (AvgIpc) is 2.59. The number of rotatable bonds is 6. The quantitative estimate of drug-likeness (QED) is 0.782. The van der Waals surface area contributed by atoms with E-state index in [1.54, 1.807) is 7.11 Å². The predicted octanol–water partition coefficient (Wildman–Crippen LogP) is 3.83. The van der Waals surface area contributed by atoms with Crippen LogP contribution in [0.25, 0.3) is 0 Å². The maximum Gasteiger partial charge on any atom is 0.223 e. The van der Waals surface area contributed by atoms with E-state index in [0.29, 0.717) is 10.9 Å². The Morgan fingerprint density at radius 2 is 1.85 bits per heavy atom. The summed E-state index contributed by atoms with van der Waals surface area (Å²) in [7, 11) is 1.64. The number of halogens is 2. The normalized spacial score (nSPS) is 16.0. The van der Waals surface area contributed by atoms with Gasteiger partial charge in [-0.05, 0) is 48.3 Å². The Kier molecular flexibility index (Phi) is 7.33. The first-order chi connectivity index (χ1) is 12.1. The molecule has 6 heteroatoms. The zero-order valence-corrected chi connectivity index (χ0v) is 16.4. The standard InChI is InChI=1S/C20H23ClN2O2.ClH/c1-13(15-11-22-12-15)20(24)23-19(17-5-3-4-6-18(17)21)14-7-9-16(25-2)10-8-14;/h3-10,13,15,19,22H,11-12H2,1-2H3,(H,23,24);1H. The monoisotopic (exact) mass is 394 g/mol. The molecule has 2 atom stereocenters. The van der Waals surface area contributed by atoms with Crippen LogP contribution in [0.3, 0.4) is 0 Å². The summed E-state index contributed by atoms with van der Waals surface area (Å²) in [6, 6.07) is 15.0. The third-order valence-corrected chi connectivity index (χ3v) is 5.23. The zero-order chi connectivity index (χ0) is 17.8. The van der Waals surface area contributed by atoms with E-state index in [1.807, 2.05) is 55.5 Å². The van der Waals surface area contributed by atoms with Crippen LogP contribution in [0.4, 0.5) is 0 Å². The number of nitrogens with one attached hydrogen (secondary N) is 2. The molecular formula is C20H24Cl2N2O2. The van der Waals surface area contributed by atoms with Crippen molar-refractivity contribution in [2.24, 2.45) is 11.8 Å². The van der Waals surface area contributed by atoms with Crippen LogP contribution in [0, 0.1) is 11.8 Å². The summed E-state index contributed by atoms with van der Waals surface area (Å²) in [6.45, 7) is 3.78. The average molecular weight is 395 g/mol. The van der Waals surface area contributed by atoms with Gasteiger partial charge in [-0.2, -0.15) is 0 Å². The van der Waals surface area contributed by atoms with E-state index < -0.39 is 0 Å². The third-order valence-electron chi connectivity index (χ3n) is 4.89. The predicted molar refractivity (Wildman–Crippen MR) is 107 cm³/mol. The van der Waals surface area contributed by atoms with Gasteiger partial charge >= 0.3 is 0 Å². The smallest absolute Gasteiger partial charge is 0.223 e. The van der Waals surface area contributed by atoms with E-state index in [2.05, 4.69) is 10.6 Å². The highest BCUT2D eigenvalue weighted by molar-refractivity contribution is 6.31. The lowest BCUT2D eigenvalue weighted by atomic mass is 9.87. The van der Waals surface area contributed by atoms with Crippen LogP contribution >= 0.6 is 24.0 Å². The molecule has 1 aliphatic rings. The van der Waals surface area contributed by atoms with Crippen LogP contribution in [0.1, 0.15) is 24.1 Å². The largest absolute Gasteiger partial charge is 0.497 e. The Hall–Kier alpha value is -1.75. The summed E-state index contributed by atoms with van der Waals surface area (Å²) in [5.74, 6) is 1.18. The molecule has 2 unspecified atom stereocenters. The maximum atomic E-state index is 12.8. The van der Waals surface area contributed by atoms with Crippen molar-refractivity contribution in [2.45, 2.75) is 13.0 Å². The van der Waals surface area contributed by atoms with Gasteiger partial charge in [0.05, 0.1) is 13.2 Å². The molecule has 1 amide bonds. The lowest BCUT2D eigenvalue weighted by Crippen LogP contribution is -2.50. The van der Waals surface area contributed by atoms with Gasteiger partial charge in [-0.25, -0.2) is 0 Å². The van der Waals surface area contributed by atoms with E-state index in [1.165, 1.54) is 0 Å². The minimum atomic E-state index is -0.289. The number of ether oxygens (including phenoxy) is 1. The SMILES string of the molecule is COc1ccc(C(NC(=O)C(C)C2CNC2)c2ccccc2Cl)cc1.Cl. The Morgan fingerprint density at radius 3 is 2.38 bits per heavy atom. The van der Waals surface area contributed by atoms with Gasteiger partial charge in [0.25, 0.3) is 0 Å².